The quantitative estimate of drug-likeness (QED) is 0.901. The molecule has 19 heavy (non-hydrogen) atoms. The average molecular weight is 282 g/mol. The summed E-state index contributed by atoms with van der Waals surface area (Å²) in [4.78, 5) is 5.33. The maximum absolute atomic E-state index is 13.2. The van der Waals surface area contributed by atoms with E-state index in [0.29, 0.717) is 16.5 Å². The summed E-state index contributed by atoms with van der Waals surface area (Å²) in [5.41, 5.74) is 0.610. The molecule has 0 fully saturated rings. The van der Waals surface area contributed by atoms with Crippen molar-refractivity contribution in [1.82, 2.24) is 10.3 Å². The van der Waals surface area contributed by atoms with Crippen molar-refractivity contribution in [3.63, 3.8) is 0 Å². The summed E-state index contributed by atoms with van der Waals surface area (Å²) in [6.45, 7) is 5.98. The SMILES string of the molecule is CC(C)CNCc1cnc(-c2ccc(F)c(F)c2)s1. The Morgan fingerprint density at radius 1 is 1.26 bits per heavy atom. The van der Waals surface area contributed by atoms with Crippen LogP contribution in [0.3, 0.4) is 0 Å². The molecule has 1 aromatic heterocycles. The van der Waals surface area contributed by atoms with Gasteiger partial charge in [-0.1, -0.05) is 13.8 Å². The summed E-state index contributed by atoms with van der Waals surface area (Å²) in [5, 5.41) is 4.03. The summed E-state index contributed by atoms with van der Waals surface area (Å²) in [7, 11) is 0. The van der Waals surface area contributed by atoms with Crippen LogP contribution < -0.4 is 5.32 Å². The van der Waals surface area contributed by atoms with Crippen LogP contribution in [0.4, 0.5) is 8.78 Å². The number of benzene rings is 1. The van der Waals surface area contributed by atoms with E-state index >= 15 is 0 Å². The second-order valence-electron chi connectivity index (χ2n) is 4.79. The number of rotatable bonds is 5. The highest BCUT2D eigenvalue weighted by Gasteiger charge is 2.08. The van der Waals surface area contributed by atoms with E-state index in [1.54, 1.807) is 12.3 Å². The Bertz CT molecular complexity index is 552. The predicted octanol–water partition coefficient (Wildman–Crippen LogP) is 3.83. The van der Waals surface area contributed by atoms with E-state index in [9.17, 15) is 8.78 Å². The molecule has 1 aromatic carbocycles. The van der Waals surface area contributed by atoms with E-state index in [0.717, 1.165) is 24.0 Å². The van der Waals surface area contributed by atoms with E-state index in [4.69, 9.17) is 0 Å². The zero-order valence-electron chi connectivity index (χ0n) is 10.9. The molecule has 1 N–H and O–H groups in total. The molecule has 0 amide bonds. The Hall–Kier alpha value is -1.33. The molecular weight excluding hydrogens is 266 g/mol. The lowest BCUT2D eigenvalue weighted by atomic mass is 10.2. The molecule has 2 rings (SSSR count). The number of thiazole rings is 1. The fourth-order valence-corrected chi connectivity index (χ4v) is 2.51. The molecule has 2 nitrogen and oxygen atoms in total. The fraction of sp³-hybridized carbons (Fsp3) is 0.357. The minimum Gasteiger partial charge on any atom is -0.312 e. The largest absolute Gasteiger partial charge is 0.312 e. The first-order chi connectivity index (χ1) is 9.06. The normalized spacial score (nSPS) is 11.2. The topological polar surface area (TPSA) is 24.9 Å². The van der Waals surface area contributed by atoms with Crippen molar-refractivity contribution in [1.29, 1.82) is 0 Å². The molecule has 5 heteroatoms. The van der Waals surface area contributed by atoms with Gasteiger partial charge in [-0.15, -0.1) is 11.3 Å². The van der Waals surface area contributed by atoms with Gasteiger partial charge < -0.3 is 5.32 Å². The predicted molar refractivity (Wildman–Crippen MR) is 74.0 cm³/mol. The van der Waals surface area contributed by atoms with Gasteiger partial charge in [-0.05, 0) is 30.7 Å². The van der Waals surface area contributed by atoms with Gasteiger partial charge in [0.25, 0.3) is 0 Å². The number of hydrogen-bond donors (Lipinski definition) is 1. The van der Waals surface area contributed by atoms with Crippen LogP contribution in [-0.4, -0.2) is 11.5 Å². The molecule has 0 atom stereocenters. The van der Waals surface area contributed by atoms with Crippen molar-refractivity contribution in [3.05, 3.63) is 40.9 Å². The third kappa shape index (κ3) is 3.81. The molecule has 0 unspecified atom stereocenters. The van der Waals surface area contributed by atoms with E-state index in [1.165, 1.54) is 17.4 Å². The number of halogens is 2. The van der Waals surface area contributed by atoms with E-state index in [-0.39, 0.29) is 0 Å². The van der Waals surface area contributed by atoms with Crippen LogP contribution in [0, 0.1) is 17.6 Å². The lowest BCUT2D eigenvalue weighted by Crippen LogP contribution is -2.18. The highest BCUT2D eigenvalue weighted by molar-refractivity contribution is 7.15. The smallest absolute Gasteiger partial charge is 0.159 e. The number of aromatic nitrogens is 1. The Balaban J connectivity index is 2.05. The van der Waals surface area contributed by atoms with E-state index < -0.39 is 11.6 Å². The second kappa shape index (κ2) is 6.21. The molecule has 0 bridgehead atoms. The van der Waals surface area contributed by atoms with Gasteiger partial charge in [0.1, 0.15) is 5.01 Å². The minimum absolute atomic E-state index is 0.596. The maximum atomic E-state index is 13.2. The lowest BCUT2D eigenvalue weighted by Gasteiger charge is -2.04. The van der Waals surface area contributed by atoms with E-state index in [2.05, 4.69) is 24.1 Å². The lowest BCUT2D eigenvalue weighted by molar-refractivity contribution is 0.509. The van der Waals surface area contributed by atoms with Gasteiger partial charge in [0.2, 0.25) is 0 Å². The number of nitrogens with zero attached hydrogens (tertiary/aromatic N) is 1. The standard InChI is InChI=1S/C14H16F2N2S/c1-9(2)6-17-7-11-8-18-14(19-11)10-3-4-12(15)13(16)5-10/h3-5,8-9,17H,6-7H2,1-2H3. The average Bonchev–Trinajstić information content (AvgIpc) is 2.81. The first-order valence-electron chi connectivity index (χ1n) is 6.17. The minimum atomic E-state index is -0.841. The van der Waals surface area contributed by atoms with Crippen molar-refractivity contribution in [2.75, 3.05) is 6.54 Å². The Kier molecular flexibility index (Phi) is 4.61. The highest BCUT2D eigenvalue weighted by atomic mass is 32.1. The van der Waals surface area contributed by atoms with Crippen LogP contribution in [0.15, 0.2) is 24.4 Å². The number of hydrogen-bond acceptors (Lipinski definition) is 3. The molecule has 2 aromatic rings. The van der Waals surface area contributed by atoms with Gasteiger partial charge >= 0.3 is 0 Å². The molecule has 102 valence electrons. The van der Waals surface area contributed by atoms with Crippen LogP contribution in [0.2, 0.25) is 0 Å². The van der Waals surface area contributed by atoms with Gasteiger partial charge in [-0.25, -0.2) is 13.8 Å². The van der Waals surface area contributed by atoms with Gasteiger partial charge in [0.05, 0.1) is 0 Å². The van der Waals surface area contributed by atoms with Crippen molar-refractivity contribution in [2.24, 2.45) is 5.92 Å². The monoisotopic (exact) mass is 282 g/mol. The molecule has 0 aliphatic carbocycles. The molecule has 1 heterocycles. The first-order valence-corrected chi connectivity index (χ1v) is 6.98. The molecule has 0 aliphatic rings. The molecule has 0 saturated carbocycles. The summed E-state index contributed by atoms with van der Waals surface area (Å²) < 4.78 is 26.0. The van der Waals surface area contributed by atoms with Gasteiger partial charge in [-0.2, -0.15) is 0 Å². The second-order valence-corrected chi connectivity index (χ2v) is 5.90. The van der Waals surface area contributed by atoms with Gasteiger partial charge in [-0.3, -0.25) is 0 Å². The molecule has 0 saturated heterocycles. The third-order valence-corrected chi connectivity index (χ3v) is 3.62. The molecule has 0 spiro atoms. The number of nitrogens with one attached hydrogen (secondary N) is 1. The first kappa shape index (κ1) is 14.1. The zero-order chi connectivity index (χ0) is 13.8. The van der Waals surface area contributed by atoms with Crippen LogP contribution in [0.25, 0.3) is 10.6 Å². The fourth-order valence-electron chi connectivity index (χ4n) is 1.64. The van der Waals surface area contributed by atoms with Crippen LogP contribution in [0.1, 0.15) is 18.7 Å². The molecular formula is C14H16F2N2S. The Morgan fingerprint density at radius 2 is 2.05 bits per heavy atom. The van der Waals surface area contributed by atoms with Gasteiger partial charge in [0.15, 0.2) is 11.6 Å². The summed E-state index contributed by atoms with van der Waals surface area (Å²) in [5.74, 6) is -1.08. The van der Waals surface area contributed by atoms with Crippen molar-refractivity contribution in [2.45, 2.75) is 20.4 Å². The van der Waals surface area contributed by atoms with Crippen molar-refractivity contribution >= 4 is 11.3 Å². The Morgan fingerprint density at radius 3 is 2.74 bits per heavy atom. The highest BCUT2D eigenvalue weighted by Crippen LogP contribution is 2.26. The molecule has 0 radical (unpaired) electrons. The zero-order valence-corrected chi connectivity index (χ0v) is 11.7. The maximum Gasteiger partial charge on any atom is 0.159 e. The Labute approximate surface area is 115 Å². The van der Waals surface area contributed by atoms with Crippen molar-refractivity contribution < 1.29 is 8.78 Å². The summed E-state index contributed by atoms with van der Waals surface area (Å²) in [6.07, 6.45) is 1.77. The van der Waals surface area contributed by atoms with Crippen molar-refractivity contribution in [3.8, 4) is 10.6 Å². The van der Waals surface area contributed by atoms with Gasteiger partial charge in [0, 0.05) is 23.2 Å². The molecule has 0 aliphatic heterocycles. The summed E-state index contributed by atoms with van der Waals surface area (Å²) >= 11 is 1.49. The third-order valence-electron chi connectivity index (χ3n) is 2.57. The van der Waals surface area contributed by atoms with E-state index in [1.807, 2.05) is 0 Å². The summed E-state index contributed by atoms with van der Waals surface area (Å²) in [6, 6.07) is 3.85. The van der Waals surface area contributed by atoms with Crippen LogP contribution in [0.5, 0.6) is 0 Å². The van der Waals surface area contributed by atoms with Crippen LogP contribution >= 0.6 is 11.3 Å². The van der Waals surface area contributed by atoms with Crippen LogP contribution in [-0.2, 0) is 6.54 Å².